The summed E-state index contributed by atoms with van der Waals surface area (Å²) in [6.07, 6.45) is -5.11. The van der Waals surface area contributed by atoms with Crippen LogP contribution in [0, 0.1) is 29.1 Å². The number of allylic oxidation sites excluding steroid dienone is 1. The van der Waals surface area contributed by atoms with Crippen LogP contribution in [0.1, 0.15) is 59.8 Å². The topological polar surface area (TPSA) is 44.8 Å². The zero-order valence-corrected chi connectivity index (χ0v) is 19.7. The van der Waals surface area contributed by atoms with E-state index in [9.17, 15) is 31.1 Å². The highest BCUT2D eigenvalue weighted by molar-refractivity contribution is 5.66. The molecule has 10 heteroatoms. The maximum Gasteiger partial charge on any atom is 0.427 e. The van der Waals surface area contributed by atoms with Gasteiger partial charge in [-0.2, -0.15) is 26.3 Å². The van der Waals surface area contributed by atoms with Crippen molar-refractivity contribution in [1.82, 2.24) is 0 Å². The van der Waals surface area contributed by atoms with E-state index in [-0.39, 0.29) is 35.2 Å². The van der Waals surface area contributed by atoms with Gasteiger partial charge in [0.2, 0.25) is 0 Å². The molecule has 6 atom stereocenters. The molecule has 192 valence electrons. The fourth-order valence-electron chi connectivity index (χ4n) is 6.11. The number of hydrogen-bond donors (Lipinski definition) is 0. The van der Waals surface area contributed by atoms with Crippen molar-refractivity contribution in [3.63, 3.8) is 0 Å². The van der Waals surface area contributed by atoms with Gasteiger partial charge in [0, 0.05) is 25.9 Å². The number of halogens is 6. The summed E-state index contributed by atoms with van der Waals surface area (Å²) in [5, 5.41) is 0. The molecule has 0 amide bonds. The molecule has 2 aliphatic rings. The number of alkyl halides is 6. The zero-order valence-electron chi connectivity index (χ0n) is 19.7. The highest BCUT2D eigenvalue weighted by Crippen LogP contribution is 2.59. The van der Waals surface area contributed by atoms with Gasteiger partial charge in [-0.15, -0.1) is 0 Å². The number of esters is 1. The second-order valence-electron chi connectivity index (χ2n) is 9.65. The van der Waals surface area contributed by atoms with Crippen molar-refractivity contribution >= 4 is 5.97 Å². The van der Waals surface area contributed by atoms with Crippen molar-refractivity contribution in [3.8, 4) is 0 Å². The molecular formula is C23H34F6O4. The van der Waals surface area contributed by atoms with Crippen LogP contribution in [-0.2, 0) is 19.0 Å². The van der Waals surface area contributed by atoms with E-state index in [0.29, 0.717) is 0 Å². The summed E-state index contributed by atoms with van der Waals surface area (Å²) in [5.74, 6) is -2.46. The van der Waals surface area contributed by atoms with Crippen LogP contribution in [0.4, 0.5) is 26.3 Å². The van der Waals surface area contributed by atoms with Gasteiger partial charge >= 0.3 is 18.3 Å². The Hall–Kier alpha value is -1.29. The molecule has 2 fully saturated rings. The Bertz CT molecular complexity index is 690. The lowest BCUT2D eigenvalue weighted by Crippen LogP contribution is -2.62. The number of fused-ring (bicyclic) bond motifs is 1. The van der Waals surface area contributed by atoms with Crippen LogP contribution in [0.5, 0.6) is 0 Å². The van der Waals surface area contributed by atoms with Gasteiger partial charge in [0.1, 0.15) is 12.9 Å². The monoisotopic (exact) mass is 488 g/mol. The third kappa shape index (κ3) is 5.36. The minimum atomic E-state index is -5.69. The van der Waals surface area contributed by atoms with E-state index in [0.717, 1.165) is 52.2 Å². The maximum absolute atomic E-state index is 13.7. The normalized spacial score (nSPS) is 30.8. The van der Waals surface area contributed by atoms with Gasteiger partial charge < -0.3 is 14.2 Å². The Balaban J connectivity index is 2.27. The van der Waals surface area contributed by atoms with E-state index in [1.807, 2.05) is 6.92 Å². The minimum Gasteiger partial charge on any atom is -0.462 e. The van der Waals surface area contributed by atoms with Gasteiger partial charge in [-0.05, 0) is 49.4 Å². The molecule has 0 unspecified atom stereocenters. The number of hydrogen-bond acceptors (Lipinski definition) is 4. The van der Waals surface area contributed by atoms with Gasteiger partial charge in [-0.1, -0.05) is 32.9 Å². The van der Waals surface area contributed by atoms with Crippen molar-refractivity contribution in [1.29, 1.82) is 0 Å². The van der Waals surface area contributed by atoms with Gasteiger partial charge in [-0.25, -0.2) is 0 Å². The van der Waals surface area contributed by atoms with Crippen LogP contribution in [0.15, 0.2) is 12.2 Å². The Morgan fingerprint density at radius 3 is 2.18 bits per heavy atom. The third-order valence-electron chi connectivity index (χ3n) is 7.68. The molecule has 0 aromatic heterocycles. The average molecular weight is 489 g/mol. The predicted molar refractivity (Wildman–Crippen MR) is 109 cm³/mol. The first kappa shape index (κ1) is 28.0. The fraction of sp³-hybridized carbons (Fsp3) is 0.870. The van der Waals surface area contributed by atoms with Gasteiger partial charge in [-0.3, -0.25) is 4.79 Å². The predicted octanol–water partition coefficient (Wildman–Crippen LogP) is 6.45. The first-order valence-corrected chi connectivity index (χ1v) is 11.2. The van der Waals surface area contributed by atoms with E-state index >= 15 is 0 Å². The zero-order chi connectivity index (χ0) is 25.2. The second-order valence-corrected chi connectivity index (χ2v) is 9.65. The summed E-state index contributed by atoms with van der Waals surface area (Å²) in [4.78, 5) is 11.5. The number of rotatable bonds is 8. The molecule has 0 radical (unpaired) electrons. The first-order valence-electron chi connectivity index (χ1n) is 11.2. The highest BCUT2D eigenvalue weighted by Gasteiger charge is 2.74. The summed E-state index contributed by atoms with van der Waals surface area (Å²) in [5.41, 5.74) is -4.58. The maximum atomic E-state index is 13.7. The Morgan fingerprint density at radius 2 is 1.67 bits per heavy atom. The Labute approximate surface area is 191 Å². The molecule has 0 spiro atoms. The molecular weight excluding hydrogens is 454 g/mol. The number of carbonyl (C=O) groups excluding carboxylic acids is 1. The van der Waals surface area contributed by atoms with Crippen molar-refractivity contribution in [2.75, 3.05) is 13.9 Å². The molecule has 0 N–H and O–H groups in total. The summed E-state index contributed by atoms with van der Waals surface area (Å²) < 4.78 is 96.5. The van der Waals surface area contributed by atoms with Crippen molar-refractivity contribution in [2.24, 2.45) is 29.1 Å². The molecule has 2 rings (SSSR count). The smallest absolute Gasteiger partial charge is 0.427 e. The SMILES string of the molecule is COCOC([C@H](C)/C=C/[C@@H](C)[C@H]1CC[C@H]2[C@@H](OC(C)=O)CCC[C@]12C)(C(F)(F)F)C(F)(F)F. The van der Waals surface area contributed by atoms with Crippen LogP contribution in [0.25, 0.3) is 0 Å². The van der Waals surface area contributed by atoms with Crippen molar-refractivity contribution in [2.45, 2.75) is 83.9 Å². The first-order chi connectivity index (χ1) is 15.1. The van der Waals surface area contributed by atoms with Crippen molar-refractivity contribution in [3.05, 3.63) is 12.2 Å². The fourth-order valence-corrected chi connectivity index (χ4v) is 6.11. The summed E-state index contributed by atoms with van der Waals surface area (Å²) >= 11 is 0. The largest absolute Gasteiger partial charge is 0.462 e. The van der Waals surface area contributed by atoms with Crippen LogP contribution in [-0.4, -0.2) is 43.9 Å². The summed E-state index contributed by atoms with van der Waals surface area (Å²) in [7, 11) is 0.963. The van der Waals surface area contributed by atoms with Crippen molar-refractivity contribution < 1.29 is 45.3 Å². The third-order valence-corrected chi connectivity index (χ3v) is 7.68. The van der Waals surface area contributed by atoms with Gasteiger partial charge in [0.25, 0.3) is 5.60 Å². The average Bonchev–Trinajstić information content (AvgIpc) is 3.02. The lowest BCUT2D eigenvalue weighted by molar-refractivity contribution is -0.402. The number of ether oxygens (including phenoxy) is 3. The molecule has 4 nitrogen and oxygen atoms in total. The molecule has 0 bridgehead atoms. The second kappa shape index (κ2) is 10.1. The summed E-state index contributed by atoms with van der Waals surface area (Å²) in [6.45, 7) is 4.99. The van der Waals surface area contributed by atoms with E-state index < -0.39 is 30.7 Å². The standard InChI is InChI=1S/C23H34F6O4/c1-14(17-10-11-18-19(33-16(3)30)7-6-12-20(17,18)4)8-9-15(2)21(22(24,25)26,23(27,28)29)32-13-31-5/h8-9,14-15,17-19H,6-7,10-13H2,1-5H3/b9-8+/t14-,15-,17-,18+,19+,20-/m1/s1. The van der Waals surface area contributed by atoms with E-state index in [4.69, 9.17) is 4.74 Å². The molecule has 0 saturated heterocycles. The highest BCUT2D eigenvalue weighted by atomic mass is 19.4. The molecule has 0 aromatic carbocycles. The van der Waals surface area contributed by atoms with Crippen LogP contribution in [0.2, 0.25) is 0 Å². The minimum absolute atomic E-state index is 0.0513. The van der Waals surface area contributed by atoms with E-state index in [1.54, 1.807) is 0 Å². The van der Waals surface area contributed by atoms with Gasteiger partial charge in [0.15, 0.2) is 0 Å². The van der Waals surface area contributed by atoms with E-state index in [1.165, 1.54) is 13.0 Å². The molecule has 0 heterocycles. The Morgan fingerprint density at radius 1 is 1.06 bits per heavy atom. The van der Waals surface area contributed by atoms with E-state index in [2.05, 4.69) is 16.4 Å². The van der Waals surface area contributed by atoms with Crippen LogP contribution in [0.3, 0.4) is 0 Å². The Kier molecular flexibility index (Phi) is 8.59. The quantitative estimate of drug-likeness (QED) is 0.171. The lowest BCUT2D eigenvalue weighted by atomic mass is 9.61. The van der Waals surface area contributed by atoms with Crippen LogP contribution < -0.4 is 0 Å². The molecule has 2 aliphatic carbocycles. The summed E-state index contributed by atoms with van der Waals surface area (Å²) in [6, 6.07) is 0. The van der Waals surface area contributed by atoms with Gasteiger partial charge in [0.05, 0.1) is 0 Å². The molecule has 2 saturated carbocycles. The molecule has 0 aliphatic heterocycles. The lowest BCUT2D eigenvalue weighted by Gasteiger charge is -2.45. The molecule has 0 aromatic rings. The number of carbonyl (C=O) groups is 1. The number of methoxy groups -OCH3 is 1. The molecule has 33 heavy (non-hydrogen) atoms. The van der Waals surface area contributed by atoms with Crippen LogP contribution >= 0.6 is 0 Å².